The molecule has 0 unspecified atom stereocenters. The highest BCUT2D eigenvalue weighted by atomic mass is 35.5. The zero-order chi connectivity index (χ0) is 27.9. The van der Waals surface area contributed by atoms with Crippen LogP contribution in [0.25, 0.3) is 22.3 Å². The molecule has 2 atom stereocenters. The number of carboxylic acid groups (broad SMARTS) is 1. The third-order valence-electron chi connectivity index (χ3n) is 6.82. The highest BCUT2D eigenvalue weighted by Crippen LogP contribution is 2.39. The molecule has 0 radical (unpaired) electrons. The highest BCUT2D eigenvalue weighted by molar-refractivity contribution is 6.36. The summed E-state index contributed by atoms with van der Waals surface area (Å²) in [5.41, 5.74) is 2.89. The number of carboxylic acids is 1. The minimum Gasteiger partial charge on any atom is -0.490 e. The summed E-state index contributed by atoms with van der Waals surface area (Å²) in [4.78, 5) is 23.0. The fraction of sp³-hybridized carbons (Fsp3) is 0.290. The Kier molecular flexibility index (Phi) is 9.54. The standard InChI is InChI=1S/C31H31Cl2NO5/c1-3-19(2)26(34-22-13-11-20(12-14-22)27(35)8-6-10-31(36)37)18-38-30-17-24(32)23(16-25(30)33)29-15-21-7-4-5-9-28(21)39-29/h4-5,7,9,11-17,19,26,34H,3,6,8,10,18H2,1-2H3,(H,36,37)/t19-,26+/m0/s1. The monoisotopic (exact) mass is 567 g/mol. The van der Waals surface area contributed by atoms with Crippen molar-refractivity contribution < 1.29 is 23.8 Å². The van der Waals surface area contributed by atoms with E-state index in [-0.39, 0.29) is 30.6 Å². The van der Waals surface area contributed by atoms with E-state index in [1.165, 1.54) is 0 Å². The summed E-state index contributed by atoms with van der Waals surface area (Å²) in [7, 11) is 0. The molecule has 0 aliphatic carbocycles. The van der Waals surface area contributed by atoms with E-state index in [0.717, 1.165) is 23.1 Å². The summed E-state index contributed by atoms with van der Waals surface area (Å²) in [6.07, 6.45) is 1.45. The van der Waals surface area contributed by atoms with Crippen molar-refractivity contribution in [2.75, 3.05) is 11.9 Å². The van der Waals surface area contributed by atoms with Crippen LogP contribution in [0.1, 0.15) is 49.9 Å². The first-order valence-corrected chi connectivity index (χ1v) is 13.7. The van der Waals surface area contributed by atoms with Crippen molar-refractivity contribution >= 4 is 51.6 Å². The van der Waals surface area contributed by atoms with Crippen LogP contribution in [0.4, 0.5) is 5.69 Å². The number of carbonyl (C=O) groups is 2. The molecule has 39 heavy (non-hydrogen) atoms. The fourth-order valence-corrected chi connectivity index (χ4v) is 4.73. The average molecular weight is 568 g/mol. The number of ketones is 1. The summed E-state index contributed by atoms with van der Waals surface area (Å²) in [5, 5.41) is 14.2. The van der Waals surface area contributed by atoms with Gasteiger partial charge in [-0.05, 0) is 54.8 Å². The molecule has 6 nitrogen and oxygen atoms in total. The number of furan rings is 1. The number of nitrogens with one attached hydrogen (secondary N) is 1. The Balaban J connectivity index is 1.42. The van der Waals surface area contributed by atoms with Crippen molar-refractivity contribution in [3.05, 3.63) is 82.3 Å². The van der Waals surface area contributed by atoms with E-state index in [2.05, 4.69) is 19.2 Å². The molecule has 0 aliphatic rings. The largest absolute Gasteiger partial charge is 0.490 e. The quantitative estimate of drug-likeness (QED) is 0.157. The lowest BCUT2D eigenvalue weighted by Crippen LogP contribution is -2.33. The molecule has 4 aromatic rings. The van der Waals surface area contributed by atoms with E-state index in [9.17, 15) is 9.59 Å². The van der Waals surface area contributed by atoms with Crippen LogP contribution in [0, 0.1) is 5.92 Å². The lowest BCUT2D eigenvalue weighted by Gasteiger charge is -2.26. The van der Waals surface area contributed by atoms with Gasteiger partial charge in [-0.2, -0.15) is 0 Å². The second-order valence-electron chi connectivity index (χ2n) is 9.61. The molecular weight excluding hydrogens is 537 g/mol. The summed E-state index contributed by atoms with van der Waals surface area (Å²) in [6.45, 7) is 4.61. The van der Waals surface area contributed by atoms with Crippen molar-refractivity contribution in [3.63, 3.8) is 0 Å². The van der Waals surface area contributed by atoms with Crippen LogP contribution in [0.5, 0.6) is 5.75 Å². The minimum absolute atomic E-state index is 0.0141. The van der Waals surface area contributed by atoms with Crippen molar-refractivity contribution in [1.82, 2.24) is 0 Å². The number of Topliss-reactive ketones (excluding diaryl/α,β-unsaturated/α-hetero) is 1. The molecule has 2 N–H and O–H groups in total. The number of anilines is 1. The van der Waals surface area contributed by atoms with Crippen LogP contribution >= 0.6 is 23.2 Å². The van der Waals surface area contributed by atoms with Gasteiger partial charge in [-0.15, -0.1) is 0 Å². The molecular formula is C31H31Cl2NO5. The molecule has 0 fully saturated rings. The molecule has 204 valence electrons. The van der Waals surface area contributed by atoms with Crippen molar-refractivity contribution in [3.8, 4) is 17.1 Å². The highest BCUT2D eigenvalue weighted by Gasteiger charge is 2.19. The zero-order valence-corrected chi connectivity index (χ0v) is 23.4. The van der Waals surface area contributed by atoms with Gasteiger partial charge >= 0.3 is 5.97 Å². The van der Waals surface area contributed by atoms with Crippen LogP contribution in [0.2, 0.25) is 10.0 Å². The van der Waals surface area contributed by atoms with Gasteiger partial charge in [0.1, 0.15) is 23.7 Å². The maximum absolute atomic E-state index is 12.3. The number of benzene rings is 3. The molecule has 4 rings (SSSR count). The van der Waals surface area contributed by atoms with E-state index < -0.39 is 5.97 Å². The van der Waals surface area contributed by atoms with Gasteiger partial charge < -0.3 is 19.6 Å². The van der Waals surface area contributed by atoms with Gasteiger partial charge in [0.05, 0.1) is 16.1 Å². The molecule has 0 saturated heterocycles. The lowest BCUT2D eigenvalue weighted by atomic mass is 9.99. The van der Waals surface area contributed by atoms with Crippen LogP contribution in [-0.2, 0) is 4.79 Å². The van der Waals surface area contributed by atoms with E-state index in [0.29, 0.717) is 45.7 Å². The number of aliphatic carboxylic acids is 1. The Morgan fingerprint density at radius 3 is 2.44 bits per heavy atom. The van der Waals surface area contributed by atoms with Gasteiger partial charge in [-0.3, -0.25) is 9.59 Å². The Morgan fingerprint density at radius 2 is 1.74 bits per heavy atom. The second kappa shape index (κ2) is 13.0. The predicted molar refractivity (Wildman–Crippen MR) is 156 cm³/mol. The molecule has 8 heteroatoms. The number of hydrogen-bond acceptors (Lipinski definition) is 5. The normalized spacial score (nSPS) is 12.7. The summed E-state index contributed by atoms with van der Waals surface area (Å²) < 4.78 is 12.1. The Bertz CT molecular complexity index is 1410. The first-order chi connectivity index (χ1) is 18.7. The topological polar surface area (TPSA) is 88.8 Å². The van der Waals surface area contributed by atoms with Gasteiger partial charge in [0.2, 0.25) is 0 Å². The molecule has 0 spiro atoms. The van der Waals surface area contributed by atoms with Gasteiger partial charge in [0.25, 0.3) is 0 Å². The molecule has 1 heterocycles. The number of carbonyl (C=O) groups excluding carboxylic acids is 1. The molecule has 0 amide bonds. The maximum atomic E-state index is 12.3. The maximum Gasteiger partial charge on any atom is 0.303 e. The van der Waals surface area contributed by atoms with E-state index >= 15 is 0 Å². The smallest absolute Gasteiger partial charge is 0.303 e. The third-order valence-corrected chi connectivity index (χ3v) is 7.42. The van der Waals surface area contributed by atoms with Crippen molar-refractivity contribution in [2.24, 2.45) is 5.92 Å². The van der Waals surface area contributed by atoms with Gasteiger partial charge in [0, 0.05) is 41.1 Å². The summed E-state index contributed by atoms with van der Waals surface area (Å²) >= 11 is 13.2. The van der Waals surface area contributed by atoms with Crippen molar-refractivity contribution in [1.29, 1.82) is 0 Å². The van der Waals surface area contributed by atoms with Gasteiger partial charge in [0.15, 0.2) is 5.78 Å². The Labute approximate surface area is 237 Å². The minimum atomic E-state index is -0.897. The van der Waals surface area contributed by atoms with Crippen LogP contribution in [-0.4, -0.2) is 29.5 Å². The van der Waals surface area contributed by atoms with E-state index in [4.69, 9.17) is 37.5 Å². The first kappa shape index (κ1) is 28.5. The number of ether oxygens (including phenoxy) is 1. The van der Waals surface area contributed by atoms with Crippen LogP contribution in [0.3, 0.4) is 0 Å². The predicted octanol–water partition coefficient (Wildman–Crippen LogP) is 8.75. The number of fused-ring (bicyclic) bond motifs is 1. The zero-order valence-electron chi connectivity index (χ0n) is 21.9. The number of halogens is 2. The fourth-order valence-electron chi connectivity index (χ4n) is 4.27. The van der Waals surface area contributed by atoms with Crippen LogP contribution < -0.4 is 10.1 Å². The summed E-state index contributed by atoms with van der Waals surface area (Å²) in [6, 6.07) is 20.4. The number of rotatable bonds is 13. The average Bonchev–Trinajstić information content (AvgIpc) is 3.36. The molecule has 0 bridgehead atoms. The molecule has 0 saturated carbocycles. The SMILES string of the molecule is CC[C@H](C)[C@@H](COc1cc(Cl)c(-c2cc3ccccc3o2)cc1Cl)Nc1ccc(C(=O)CCCC(=O)O)cc1. The third kappa shape index (κ3) is 7.34. The van der Waals surface area contributed by atoms with Gasteiger partial charge in [-0.1, -0.05) is 61.7 Å². The lowest BCUT2D eigenvalue weighted by molar-refractivity contribution is -0.137. The van der Waals surface area contributed by atoms with Gasteiger partial charge in [-0.25, -0.2) is 0 Å². The second-order valence-corrected chi connectivity index (χ2v) is 10.4. The Hall–Kier alpha value is -3.48. The molecule has 3 aromatic carbocycles. The molecule has 0 aliphatic heterocycles. The summed E-state index contributed by atoms with van der Waals surface area (Å²) in [5.74, 6) is 0.441. The number of hydrogen-bond donors (Lipinski definition) is 2. The molecule has 1 aromatic heterocycles. The van der Waals surface area contributed by atoms with Crippen molar-refractivity contribution in [2.45, 2.75) is 45.6 Å². The Morgan fingerprint density at radius 1 is 1.00 bits per heavy atom. The van der Waals surface area contributed by atoms with E-state index in [1.807, 2.05) is 42.5 Å². The van der Waals surface area contributed by atoms with E-state index in [1.54, 1.807) is 24.3 Å². The van der Waals surface area contributed by atoms with Crippen LogP contribution in [0.15, 0.2) is 71.1 Å². The number of para-hydroxylation sites is 1. The first-order valence-electron chi connectivity index (χ1n) is 13.0.